The second kappa shape index (κ2) is 5.83. The lowest BCUT2D eigenvalue weighted by atomic mass is 9.74. The summed E-state index contributed by atoms with van der Waals surface area (Å²) in [6.45, 7) is 6.57. The SMILES string of the molecule is C=C1CC=CC(C)(Cc2c(-c3ccccc3)[nH]c3ccccc23)C1. The van der Waals surface area contributed by atoms with Crippen LogP contribution in [0.1, 0.15) is 25.3 Å². The van der Waals surface area contributed by atoms with Gasteiger partial charge in [0.2, 0.25) is 0 Å². The minimum atomic E-state index is 0.143. The number of aromatic amines is 1. The van der Waals surface area contributed by atoms with Crippen LogP contribution >= 0.6 is 0 Å². The van der Waals surface area contributed by atoms with Crippen LogP contribution < -0.4 is 0 Å². The molecule has 0 amide bonds. The van der Waals surface area contributed by atoms with Crippen molar-refractivity contribution in [1.82, 2.24) is 4.98 Å². The number of para-hydroxylation sites is 1. The Hall–Kier alpha value is -2.54. The average molecular weight is 313 g/mol. The van der Waals surface area contributed by atoms with Crippen molar-refractivity contribution in [2.75, 3.05) is 0 Å². The van der Waals surface area contributed by atoms with Crippen molar-refractivity contribution in [1.29, 1.82) is 0 Å². The molecule has 0 spiro atoms. The van der Waals surface area contributed by atoms with Crippen molar-refractivity contribution in [2.24, 2.45) is 5.41 Å². The number of aromatic nitrogens is 1. The highest BCUT2D eigenvalue weighted by Crippen LogP contribution is 2.40. The standard InChI is InChI=1S/C23H23N/c1-17-9-8-14-23(2,15-17)16-20-19-12-6-7-13-21(19)24-22(20)18-10-4-3-5-11-18/h3-8,10-14,24H,1,9,15-16H2,2H3. The first-order valence-electron chi connectivity index (χ1n) is 8.64. The average Bonchev–Trinajstić information content (AvgIpc) is 2.94. The van der Waals surface area contributed by atoms with E-state index < -0.39 is 0 Å². The van der Waals surface area contributed by atoms with Crippen LogP contribution in [0.3, 0.4) is 0 Å². The molecular formula is C23H23N. The summed E-state index contributed by atoms with van der Waals surface area (Å²) in [7, 11) is 0. The molecule has 0 saturated heterocycles. The summed E-state index contributed by atoms with van der Waals surface area (Å²) in [4.78, 5) is 3.65. The van der Waals surface area contributed by atoms with Crippen molar-refractivity contribution in [2.45, 2.75) is 26.2 Å². The number of rotatable bonds is 3. The lowest BCUT2D eigenvalue weighted by Gasteiger charge is -2.30. The second-order valence-electron chi connectivity index (χ2n) is 7.25. The molecule has 0 saturated carbocycles. The summed E-state index contributed by atoms with van der Waals surface area (Å²) in [5.74, 6) is 0. The summed E-state index contributed by atoms with van der Waals surface area (Å²) in [6, 6.07) is 19.3. The fourth-order valence-electron chi connectivity index (χ4n) is 3.97. The Kier molecular flexibility index (Phi) is 3.65. The number of nitrogens with one attached hydrogen (secondary N) is 1. The fourth-order valence-corrected chi connectivity index (χ4v) is 3.97. The van der Waals surface area contributed by atoms with E-state index in [-0.39, 0.29) is 5.41 Å². The Balaban J connectivity index is 1.86. The first-order valence-corrected chi connectivity index (χ1v) is 8.64. The van der Waals surface area contributed by atoms with E-state index in [0.29, 0.717) is 0 Å². The van der Waals surface area contributed by atoms with Crippen LogP contribution in [0.5, 0.6) is 0 Å². The Morgan fingerprint density at radius 3 is 2.58 bits per heavy atom. The minimum absolute atomic E-state index is 0.143. The highest BCUT2D eigenvalue weighted by Gasteiger charge is 2.28. The van der Waals surface area contributed by atoms with E-state index >= 15 is 0 Å². The van der Waals surface area contributed by atoms with Crippen LogP contribution in [-0.2, 0) is 6.42 Å². The van der Waals surface area contributed by atoms with Gasteiger partial charge in [0, 0.05) is 16.6 Å². The summed E-state index contributed by atoms with van der Waals surface area (Å²) in [6.07, 6.45) is 7.78. The number of hydrogen-bond donors (Lipinski definition) is 1. The molecule has 1 aliphatic rings. The van der Waals surface area contributed by atoms with Gasteiger partial charge in [-0.15, -0.1) is 0 Å². The van der Waals surface area contributed by atoms with Crippen LogP contribution in [0.15, 0.2) is 78.9 Å². The van der Waals surface area contributed by atoms with Gasteiger partial charge in [0.15, 0.2) is 0 Å². The van der Waals surface area contributed by atoms with E-state index in [2.05, 4.69) is 85.2 Å². The molecule has 1 aromatic heterocycles. The molecule has 0 bridgehead atoms. The lowest BCUT2D eigenvalue weighted by molar-refractivity contribution is 0.409. The molecule has 1 unspecified atom stereocenters. The predicted molar refractivity (Wildman–Crippen MR) is 103 cm³/mol. The van der Waals surface area contributed by atoms with Crippen molar-refractivity contribution in [3.8, 4) is 11.3 Å². The quantitative estimate of drug-likeness (QED) is 0.547. The number of H-pyrrole nitrogens is 1. The van der Waals surface area contributed by atoms with E-state index in [1.54, 1.807) is 0 Å². The van der Waals surface area contributed by atoms with Gasteiger partial charge in [-0.3, -0.25) is 0 Å². The second-order valence-corrected chi connectivity index (χ2v) is 7.25. The van der Waals surface area contributed by atoms with Gasteiger partial charge in [-0.25, -0.2) is 0 Å². The molecule has 1 aliphatic carbocycles. The Bertz CT molecular complexity index is 914. The highest BCUT2D eigenvalue weighted by atomic mass is 14.7. The van der Waals surface area contributed by atoms with Crippen LogP contribution in [-0.4, -0.2) is 4.98 Å². The zero-order valence-electron chi connectivity index (χ0n) is 14.2. The third-order valence-corrected chi connectivity index (χ3v) is 5.04. The van der Waals surface area contributed by atoms with Crippen molar-refractivity contribution in [3.05, 3.63) is 84.5 Å². The molecule has 2 aromatic carbocycles. The molecule has 1 atom stereocenters. The lowest BCUT2D eigenvalue weighted by Crippen LogP contribution is -2.20. The molecule has 120 valence electrons. The molecule has 24 heavy (non-hydrogen) atoms. The van der Waals surface area contributed by atoms with Crippen molar-refractivity contribution >= 4 is 10.9 Å². The summed E-state index contributed by atoms with van der Waals surface area (Å²) in [5, 5.41) is 1.34. The maximum Gasteiger partial charge on any atom is 0.0497 e. The van der Waals surface area contributed by atoms with Gasteiger partial charge in [0.05, 0.1) is 0 Å². The number of hydrogen-bond acceptors (Lipinski definition) is 0. The molecule has 1 heterocycles. The molecule has 0 fully saturated rings. The van der Waals surface area contributed by atoms with Gasteiger partial charge >= 0.3 is 0 Å². The predicted octanol–water partition coefficient (Wildman–Crippen LogP) is 6.29. The van der Waals surface area contributed by atoms with Crippen LogP contribution in [0.25, 0.3) is 22.2 Å². The summed E-state index contributed by atoms with van der Waals surface area (Å²) < 4.78 is 0. The molecule has 0 aliphatic heterocycles. The van der Waals surface area contributed by atoms with E-state index in [9.17, 15) is 0 Å². The topological polar surface area (TPSA) is 15.8 Å². The number of benzene rings is 2. The molecular weight excluding hydrogens is 290 g/mol. The molecule has 1 heteroatoms. The van der Waals surface area contributed by atoms with Gasteiger partial charge in [-0.2, -0.15) is 0 Å². The smallest absolute Gasteiger partial charge is 0.0497 e. The monoisotopic (exact) mass is 313 g/mol. The van der Waals surface area contributed by atoms with Gasteiger partial charge < -0.3 is 4.98 Å². The first-order chi connectivity index (χ1) is 11.6. The van der Waals surface area contributed by atoms with E-state index in [1.807, 2.05) is 0 Å². The third kappa shape index (κ3) is 2.71. The Morgan fingerprint density at radius 1 is 1.04 bits per heavy atom. The third-order valence-electron chi connectivity index (χ3n) is 5.04. The Labute approximate surface area is 143 Å². The maximum absolute atomic E-state index is 4.22. The van der Waals surface area contributed by atoms with Gasteiger partial charge in [-0.1, -0.05) is 79.8 Å². The largest absolute Gasteiger partial charge is 0.354 e. The van der Waals surface area contributed by atoms with E-state index in [4.69, 9.17) is 0 Å². The molecule has 1 nitrogen and oxygen atoms in total. The number of fused-ring (bicyclic) bond motifs is 1. The molecule has 0 radical (unpaired) electrons. The van der Waals surface area contributed by atoms with Gasteiger partial charge in [0.1, 0.15) is 0 Å². The summed E-state index contributed by atoms with van der Waals surface area (Å²) >= 11 is 0. The Morgan fingerprint density at radius 2 is 1.79 bits per heavy atom. The summed E-state index contributed by atoms with van der Waals surface area (Å²) in [5.41, 5.74) is 6.62. The van der Waals surface area contributed by atoms with Gasteiger partial charge in [-0.05, 0) is 41.9 Å². The molecule has 1 N–H and O–H groups in total. The first kappa shape index (κ1) is 15.0. The highest BCUT2D eigenvalue weighted by molar-refractivity contribution is 5.90. The van der Waals surface area contributed by atoms with Crippen LogP contribution in [0.4, 0.5) is 0 Å². The molecule has 3 aromatic rings. The zero-order chi connectivity index (χ0) is 16.6. The van der Waals surface area contributed by atoms with Gasteiger partial charge in [0.25, 0.3) is 0 Å². The fraction of sp³-hybridized carbons (Fsp3) is 0.217. The van der Waals surface area contributed by atoms with Crippen LogP contribution in [0.2, 0.25) is 0 Å². The van der Waals surface area contributed by atoms with Crippen LogP contribution in [0, 0.1) is 5.41 Å². The van der Waals surface area contributed by atoms with Crippen molar-refractivity contribution in [3.63, 3.8) is 0 Å². The van der Waals surface area contributed by atoms with E-state index in [1.165, 1.54) is 33.3 Å². The van der Waals surface area contributed by atoms with E-state index in [0.717, 1.165) is 19.3 Å². The van der Waals surface area contributed by atoms with Crippen molar-refractivity contribution < 1.29 is 0 Å². The number of allylic oxidation sites excluding steroid dienone is 3. The zero-order valence-corrected chi connectivity index (χ0v) is 14.2. The normalized spacial score (nSPS) is 20.6. The maximum atomic E-state index is 4.22. The minimum Gasteiger partial charge on any atom is -0.354 e. The molecule has 4 rings (SSSR count).